The maximum Gasteiger partial charge on any atom is 0.397 e. The van der Waals surface area contributed by atoms with Gasteiger partial charge in [0.25, 0.3) is 0 Å². The van der Waals surface area contributed by atoms with Gasteiger partial charge in [-0.25, -0.2) is 0 Å². The molecule has 84 valence electrons. The van der Waals surface area contributed by atoms with Gasteiger partial charge in [0.2, 0.25) is 5.91 Å². The van der Waals surface area contributed by atoms with Crippen molar-refractivity contribution in [3.8, 4) is 0 Å². The summed E-state index contributed by atoms with van der Waals surface area (Å²) in [4.78, 5) is 10.9. The molecule has 0 aromatic heterocycles. The summed E-state index contributed by atoms with van der Waals surface area (Å²) in [5, 5.41) is 2.32. The first-order valence-electron chi connectivity index (χ1n) is 4.38. The van der Waals surface area contributed by atoms with Crippen LogP contribution in [0.4, 0.5) is 13.2 Å². The van der Waals surface area contributed by atoms with E-state index in [9.17, 15) is 18.0 Å². The van der Waals surface area contributed by atoms with E-state index in [-0.39, 0.29) is 11.5 Å². The summed E-state index contributed by atoms with van der Waals surface area (Å²) < 4.78 is 35.4. The van der Waals surface area contributed by atoms with Gasteiger partial charge in [0.1, 0.15) is 6.42 Å². The maximum atomic E-state index is 11.8. The molecule has 0 heterocycles. The van der Waals surface area contributed by atoms with Gasteiger partial charge in [-0.05, 0) is 12.3 Å². The highest BCUT2D eigenvalue weighted by molar-refractivity contribution is 5.76. The Hall–Kier alpha value is -0.740. The first kappa shape index (κ1) is 13.3. The van der Waals surface area contributed by atoms with E-state index < -0.39 is 18.5 Å². The van der Waals surface area contributed by atoms with Gasteiger partial charge in [0, 0.05) is 6.04 Å². The summed E-state index contributed by atoms with van der Waals surface area (Å²) in [6.07, 6.45) is -5.84. The second-order valence-electron chi connectivity index (χ2n) is 4.45. The number of hydrogen-bond donors (Lipinski definition) is 1. The van der Waals surface area contributed by atoms with Crippen LogP contribution in [0.5, 0.6) is 0 Å². The number of alkyl halides is 3. The molecule has 0 saturated heterocycles. The van der Waals surface area contributed by atoms with Gasteiger partial charge in [0.15, 0.2) is 0 Å². The quantitative estimate of drug-likeness (QED) is 0.747. The first-order chi connectivity index (χ1) is 6.02. The monoisotopic (exact) mass is 211 g/mol. The van der Waals surface area contributed by atoms with Gasteiger partial charge in [-0.2, -0.15) is 13.2 Å². The van der Waals surface area contributed by atoms with Crippen LogP contribution < -0.4 is 5.32 Å². The van der Waals surface area contributed by atoms with E-state index in [0.717, 1.165) is 0 Å². The highest BCUT2D eigenvalue weighted by Crippen LogP contribution is 2.21. The third-order valence-corrected chi connectivity index (χ3v) is 2.04. The van der Waals surface area contributed by atoms with Crippen LogP contribution in [0.2, 0.25) is 0 Å². The van der Waals surface area contributed by atoms with E-state index in [1.165, 1.54) is 0 Å². The molecule has 2 nitrogen and oxygen atoms in total. The van der Waals surface area contributed by atoms with Gasteiger partial charge >= 0.3 is 6.18 Å². The number of hydrogen-bond acceptors (Lipinski definition) is 1. The lowest BCUT2D eigenvalue weighted by molar-refractivity contribution is -0.154. The Kier molecular flexibility index (Phi) is 3.97. The number of carbonyl (C=O) groups is 1. The van der Waals surface area contributed by atoms with Crippen LogP contribution in [0.15, 0.2) is 0 Å². The molecule has 5 heteroatoms. The van der Waals surface area contributed by atoms with E-state index in [0.29, 0.717) is 0 Å². The molecule has 1 unspecified atom stereocenters. The molecule has 0 aromatic carbocycles. The van der Waals surface area contributed by atoms with Crippen molar-refractivity contribution in [2.24, 2.45) is 5.41 Å². The molecule has 1 amide bonds. The zero-order valence-corrected chi connectivity index (χ0v) is 8.83. The van der Waals surface area contributed by atoms with E-state index in [2.05, 4.69) is 5.32 Å². The summed E-state index contributed by atoms with van der Waals surface area (Å²) in [6.45, 7) is 7.25. The molecular formula is C9H16F3NO. The molecule has 1 atom stereocenters. The number of nitrogens with one attached hydrogen (secondary N) is 1. The van der Waals surface area contributed by atoms with Crippen molar-refractivity contribution in [1.82, 2.24) is 5.32 Å². The smallest absolute Gasteiger partial charge is 0.353 e. The molecular weight excluding hydrogens is 195 g/mol. The standard InChI is InChI=1S/C9H16F3NO/c1-6(8(2,3)4)13-7(14)5-9(10,11)12/h6H,5H2,1-4H3,(H,13,14). The minimum absolute atomic E-state index is 0.235. The lowest BCUT2D eigenvalue weighted by Crippen LogP contribution is -2.42. The molecule has 0 rings (SSSR count). The predicted octanol–water partition coefficient (Wildman–Crippen LogP) is 2.49. The van der Waals surface area contributed by atoms with Crippen molar-refractivity contribution in [2.75, 3.05) is 0 Å². The molecule has 0 saturated carbocycles. The predicted molar refractivity (Wildman–Crippen MR) is 47.7 cm³/mol. The van der Waals surface area contributed by atoms with Crippen molar-refractivity contribution >= 4 is 5.91 Å². The fourth-order valence-electron chi connectivity index (χ4n) is 0.691. The van der Waals surface area contributed by atoms with Crippen LogP contribution in [0.1, 0.15) is 34.1 Å². The van der Waals surface area contributed by atoms with Gasteiger partial charge in [-0.3, -0.25) is 4.79 Å². The second kappa shape index (κ2) is 4.19. The Morgan fingerprint density at radius 2 is 1.71 bits per heavy atom. The average Bonchev–Trinajstić information content (AvgIpc) is 1.79. The Balaban J connectivity index is 4.09. The van der Waals surface area contributed by atoms with E-state index in [1.54, 1.807) is 6.92 Å². The number of halogens is 3. The molecule has 0 aromatic rings. The maximum absolute atomic E-state index is 11.8. The first-order valence-corrected chi connectivity index (χ1v) is 4.38. The van der Waals surface area contributed by atoms with E-state index in [4.69, 9.17) is 0 Å². The van der Waals surface area contributed by atoms with Crippen LogP contribution in [-0.2, 0) is 4.79 Å². The van der Waals surface area contributed by atoms with Gasteiger partial charge in [-0.15, -0.1) is 0 Å². The van der Waals surface area contributed by atoms with E-state index >= 15 is 0 Å². The minimum atomic E-state index is -4.43. The number of carbonyl (C=O) groups excluding carboxylic acids is 1. The molecule has 0 fully saturated rings. The second-order valence-corrected chi connectivity index (χ2v) is 4.45. The summed E-state index contributed by atoms with van der Waals surface area (Å²) in [6, 6.07) is -0.280. The van der Waals surface area contributed by atoms with Crippen molar-refractivity contribution in [2.45, 2.75) is 46.3 Å². The molecule has 0 bridgehead atoms. The third-order valence-electron chi connectivity index (χ3n) is 2.04. The number of rotatable bonds is 2. The van der Waals surface area contributed by atoms with Crippen molar-refractivity contribution in [1.29, 1.82) is 0 Å². The Labute approximate surface area is 81.9 Å². The van der Waals surface area contributed by atoms with Gasteiger partial charge in [-0.1, -0.05) is 20.8 Å². The molecule has 0 aliphatic rings. The van der Waals surface area contributed by atoms with Crippen LogP contribution in [0.25, 0.3) is 0 Å². The van der Waals surface area contributed by atoms with E-state index in [1.807, 2.05) is 20.8 Å². The van der Waals surface area contributed by atoms with Crippen LogP contribution in [0, 0.1) is 5.41 Å². The average molecular weight is 211 g/mol. The lowest BCUT2D eigenvalue weighted by atomic mass is 9.88. The third kappa shape index (κ3) is 5.83. The zero-order valence-electron chi connectivity index (χ0n) is 8.83. The normalized spacial score (nSPS) is 15.1. The summed E-state index contributed by atoms with van der Waals surface area (Å²) in [5.41, 5.74) is -0.235. The highest BCUT2D eigenvalue weighted by atomic mass is 19.4. The topological polar surface area (TPSA) is 29.1 Å². The molecule has 0 aliphatic heterocycles. The minimum Gasteiger partial charge on any atom is -0.353 e. The fourth-order valence-corrected chi connectivity index (χ4v) is 0.691. The molecule has 1 N–H and O–H groups in total. The van der Waals surface area contributed by atoms with Gasteiger partial charge < -0.3 is 5.32 Å². The molecule has 0 spiro atoms. The van der Waals surface area contributed by atoms with Crippen LogP contribution >= 0.6 is 0 Å². The van der Waals surface area contributed by atoms with Gasteiger partial charge in [0.05, 0.1) is 0 Å². The Bertz CT molecular complexity index is 205. The molecule has 0 aliphatic carbocycles. The van der Waals surface area contributed by atoms with Crippen LogP contribution in [-0.4, -0.2) is 18.1 Å². The fraction of sp³-hybridized carbons (Fsp3) is 0.889. The summed E-state index contributed by atoms with van der Waals surface area (Å²) >= 11 is 0. The van der Waals surface area contributed by atoms with Crippen LogP contribution in [0.3, 0.4) is 0 Å². The largest absolute Gasteiger partial charge is 0.397 e. The molecule has 0 radical (unpaired) electrons. The summed E-state index contributed by atoms with van der Waals surface area (Å²) in [5.74, 6) is -0.972. The highest BCUT2D eigenvalue weighted by Gasteiger charge is 2.32. The van der Waals surface area contributed by atoms with Crippen molar-refractivity contribution < 1.29 is 18.0 Å². The molecule has 14 heavy (non-hydrogen) atoms. The van der Waals surface area contributed by atoms with Crippen molar-refractivity contribution in [3.05, 3.63) is 0 Å². The summed E-state index contributed by atoms with van der Waals surface area (Å²) in [7, 11) is 0. The van der Waals surface area contributed by atoms with Crippen molar-refractivity contribution in [3.63, 3.8) is 0 Å². The Morgan fingerprint density at radius 1 is 1.29 bits per heavy atom. The lowest BCUT2D eigenvalue weighted by Gasteiger charge is -2.28. The Morgan fingerprint density at radius 3 is 2.00 bits per heavy atom. The zero-order chi connectivity index (χ0) is 11.6. The number of amides is 1. The SMILES string of the molecule is CC(NC(=O)CC(F)(F)F)C(C)(C)C.